The van der Waals surface area contributed by atoms with Crippen molar-refractivity contribution in [3.63, 3.8) is 0 Å². The Morgan fingerprint density at radius 3 is 2.62 bits per heavy atom. The average molecular weight is 414 g/mol. The quantitative estimate of drug-likeness (QED) is 0.555. The first-order valence-electron chi connectivity index (χ1n) is 8.67. The summed E-state index contributed by atoms with van der Waals surface area (Å²) in [5.41, 5.74) is 1.54. The van der Waals surface area contributed by atoms with Gasteiger partial charge in [-0.3, -0.25) is 9.48 Å². The molecular formula is C20H19FN4O3S. The molecule has 0 spiro atoms. The number of anilines is 1. The van der Waals surface area contributed by atoms with E-state index in [1.54, 1.807) is 23.0 Å². The number of hydrogen-bond acceptors (Lipinski definition) is 4. The van der Waals surface area contributed by atoms with Gasteiger partial charge in [-0.1, -0.05) is 18.2 Å². The summed E-state index contributed by atoms with van der Waals surface area (Å²) in [6, 6.07) is 12.1. The van der Waals surface area contributed by atoms with Gasteiger partial charge in [0, 0.05) is 30.2 Å². The molecule has 150 valence electrons. The van der Waals surface area contributed by atoms with E-state index < -0.39 is 26.6 Å². The highest BCUT2D eigenvalue weighted by molar-refractivity contribution is 7.89. The van der Waals surface area contributed by atoms with Gasteiger partial charge < -0.3 is 5.32 Å². The zero-order chi connectivity index (χ0) is 20.9. The normalized spacial score (nSPS) is 11.2. The van der Waals surface area contributed by atoms with Crippen LogP contribution in [0.15, 0.2) is 78.5 Å². The maximum Gasteiger partial charge on any atom is 0.255 e. The number of halogens is 1. The molecule has 1 heterocycles. The van der Waals surface area contributed by atoms with Crippen molar-refractivity contribution in [3.05, 3.63) is 90.5 Å². The van der Waals surface area contributed by atoms with Crippen molar-refractivity contribution in [1.82, 2.24) is 14.5 Å². The van der Waals surface area contributed by atoms with Gasteiger partial charge in [-0.05, 0) is 42.0 Å². The highest BCUT2D eigenvalue weighted by atomic mass is 32.2. The van der Waals surface area contributed by atoms with Gasteiger partial charge in [-0.2, -0.15) is 5.10 Å². The van der Waals surface area contributed by atoms with Crippen molar-refractivity contribution in [1.29, 1.82) is 0 Å². The summed E-state index contributed by atoms with van der Waals surface area (Å²) >= 11 is 0. The molecule has 1 amide bonds. The van der Waals surface area contributed by atoms with Crippen molar-refractivity contribution < 1.29 is 17.6 Å². The molecule has 0 aliphatic heterocycles. The van der Waals surface area contributed by atoms with Crippen LogP contribution in [0.5, 0.6) is 0 Å². The van der Waals surface area contributed by atoms with Gasteiger partial charge in [-0.25, -0.2) is 17.5 Å². The number of carbonyl (C=O) groups is 1. The van der Waals surface area contributed by atoms with E-state index in [0.29, 0.717) is 12.2 Å². The Bertz CT molecular complexity index is 1110. The van der Waals surface area contributed by atoms with Gasteiger partial charge in [-0.15, -0.1) is 6.58 Å². The SMILES string of the molecule is C=CCNS(=O)(=O)c1cc(C(=O)Nc2ccc(Cn3cccn3)cc2)ccc1F. The van der Waals surface area contributed by atoms with Crippen molar-refractivity contribution in [2.75, 3.05) is 11.9 Å². The molecule has 2 aromatic carbocycles. The molecule has 0 radical (unpaired) electrons. The predicted octanol–water partition coefficient (Wildman–Crippen LogP) is 2.79. The Morgan fingerprint density at radius 1 is 1.21 bits per heavy atom. The molecule has 2 N–H and O–H groups in total. The van der Waals surface area contributed by atoms with Gasteiger partial charge in [0.2, 0.25) is 10.0 Å². The molecule has 0 atom stereocenters. The minimum absolute atomic E-state index is 0.0194. The molecule has 0 unspecified atom stereocenters. The van der Waals surface area contributed by atoms with Crippen LogP contribution in [0.3, 0.4) is 0 Å². The Hall–Kier alpha value is -3.30. The highest BCUT2D eigenvalue weighted by Gasteiger charge is 2.20. The maximum absolute atomic E-state index is 14.0. The predicted molar refractivity (Wildman–Crippen MR) is 108 cm³/mol. The van der Waals surface area contributed by atoms with E-state index in [1.165, 1.54) is 12.1 Å². The lowest BCUT2D eigenvalue weighted by atomic mass is 10.1. The fraction of sp³-hybridized carbons (Fsp3) is 0.100. The van der Waals surface area contributed by atoms with Crippen LogP contribution >= 0.6 is 0 Å². The van der Waals surface area contributed by atoms with E-state index >= 15 is 0 Å². The summed E-state index contributed by atoms with van der Waals surface area (Å²) in [7, 11) is -4.10. The molecule has 29 heavy (non-hydrogen) atoms. The molecule has 7 nitrogen and oxygen atoms in total. The van der Waals surface area contributed by atoms with Crippen LogP contribution in [-0.2, 0) is 16.6 Å². The number of rotatable bonds is 8. The number of benzene rings is 2. The first-order valence-corrected chi connectivity index (χ1v) is 10.2. The standard InChI is InChI=1S/C20H19FN4O3S/c1-2-10-23-29(27,28)19-13-16(6-9-18(19)21)20(26)24-17-7-4-15(5-8-17)14-25-12-3-11-22-25/h2-9,11-13,23H,1,10,14H2,(H,24,26). The van der Waals surface area contributed by atoms with Crippen molar-refractivity contribution in [2.24, 2.45) is 0 Å². The third-order valence-electron chi connectivity index (χ3n) is 4.02. The summed E-state index contributed by atoms with van der Waals surface area (Å²) < 4.78 is 42.3. The second-order valence-electron chi connectivity index (χ2n) is 6.14. The second kappa shape index (κ2) is 8.80. The smallest absolute Gasteiger partial charge is 0.255 e. The Balaban J connectivity index is 1.73. The minimum Gasteiger partial charge on any atom is -0.322 e. The third-order valence-corrected chi connectivity index (χ3v) is 5.45. The number of amides is 1. The molecular weight excluding hydrogens is 395 g/mol. The van der Waals surface area contributed by atoms with Crippen LogP contribution in [-0.4, -0.2) is 30.7 Å². The topological polar surface area (TPSA) is 93.1 Å². The molecule has 0 fully saturated rings. The molecule has 9 heteroatoms. The largest absolute Gasteiger partial charge is 0.322 e. The zero-order valence-electron chi connectivity index (χ0n) is 15.4. The number of hydrogen-bond donors (Lipinski definition) is 2. The molecule has 3 rings (SSSR count). The monoisotopic (exact) mass is 414 g/mol. The third kappa shape index (κ3) is 5.15. The van der Waals surface area contributed by atoms with Crippen molar-refractivity contribution >= 4 is 21.6 Å². The summed E-state index contributed by atoms with van der Waals surface area (Å²) in [6.45, 7) is 3.95. The fourth-order valence-corrected chi connectivity index (χ4v) is 3.67. The Labute approximate surface area is 167 Å². The molecule has 0 saturated heterocycles. The zero-order valence-corrected chi connectivity index (χ0v) is 16.2. The summed E-state index contributed by atoms with van der Waals surface area (Å²) in [6.07, 6.45) is 4.88. The van der Waals surface area contributed by atoms with Crippen LogP contribution in [0.4, 0.5) is 10.1 Å². The second-order valence-corrected chi connectivity index (χ2v) is 7.88. The van der Waals surface area contributed by atoms with Crippen molar-refractivity contribution in [3.8, 4) is 0 Å². The Morgan fingerprint density at radius 2 is 1.97 bits per heavy atom. The molecule has 1 aromatic heterocycles. The van der Waals surface area contributed by atoms with E-state index in [4.69, 9.17) is 0 Å². The summed E-state index contributed by atoms with van der Waals surface area (Å²) in [5, 5.41) is 6.80. The van der Waals surface area contributed by atoms with Gasteiger partial charge in [0.15, 0.2) is 0 Å². The van der Waals surface area contributed by atoms with Crippen LogP contribution in [0.1, 0.15) is 15.9 Å². The number of aromatic nitrogens is 2. The first kappa shape index (κ1) is 20.4. The molecule has 0 saturated carbocycles. The van der Waals surface area contributed by atoms with Gasteiger partial charge in [0.1, 0.15) is 10.7 Å². The Kier molecular flexibility index (Phi) is 6.20. The molecule has 0 aliphatic rings. The lowest BCUT2D eigenvalue weighted by molar-refractivity contribution is 0.102. The fourth-order valence-electron chi connectivity index (χ4n) is 2.57. The maximum atomic E-state index is 14.0. The van der Waals surface area contributed by atoms with Crippen LogP contribution < -0.4 is 10.0 Å². The molecule has 0 bridgehead atoms. The lowest BCUT2D eigenvalue weighted by Crippen LogP contribution is -2.25. The molecule has 0 aliphatic carbocycles. The summed E-state index contributed by atoms with van der Waals surface area (Å²) in [5.74, 6) is -1.49. The van der Waals surface area contributed by atoms with Crippen LogP contribution in [0.2, 0.25) is 0 Å². The first-order chi connectivity index (χ1) is 13.9. The average Bonchev–Trinajstić information content (AvgIpc) is 3.21. The number of sulfonamides is 1. The van der Waals surface area contributed by atoms with Gasteiger partial charge in [0.25, 0.3) is 5.91 Å². The minimum atomic E-state index is -4.10. The van der Waals surface area contributed by atoms with Gasteiger partial charge in [0.05, 0.1) is 6.54 Å². The number of nitrogens with one attached hydrogen (secondary N) is 2. The van der Waals surface area contributed by atoms with E-state index in [1.807, 2.05) is 24.4 Å². The van der Waals surface area contributed by atoms with Crippen LogP contribution in [0, 0.1) is 5.82 Å². The van der Waals surface area contributed by atoms with E-state index in [0.717, 1.165) is 17.7 Å². The van der Waals surface area contributed by atoms with Crippen molar-refractivity contribution in [2.45, 2.75) is 11.4 Å². The molecule has 3 aromatic rings. The number of carbonyl (C=O) groups excluding carboxylic acids is 1. The van der Waals surface area contributed by atoms with E-state index in [9.17, 15) is 17.6 Å². The highest BCUT2D eigenvalue weighted by Crippen LogP contribution is 2.18. The van der Waals surface area contributed by atoms with Gasteiger partial charge >= 0.3 is 0 Å². The summed E-state index contributed by atoms with van der Waals surface area (Å²) in [4.78, 5) is 11.9. The van der Waals surface area contributed by atoms with E-state index in [-0.39, 0.29) is 12.1 Å². The van der Waals surface area contributed by atoms with Crippen LogP contribution in [0.25, 0.3) is 0 Å². The number of nitrogens with zero attached hydrogens (tertiary/aromatic N) is 2. The lowest BCUT2D eigenvalue weighted by Gasteiger charge is -2.10. The van der Waals surface area contributed by atoms with E-state index in [2.05, 4.69) is 21.7 Å².